The lowest BCUT2D eigenvalue weighted by atomic mass is 10.1. The molecule has 1 saturated heterocycles. The Bertz CT molecular complexity index is 660. The molecule has 24 heavy (non-hydrogen) atoms. The van der Waals surface area contributed by atoms with Gasteiger partial charge in [-0.15, -0.1) is 11.3 Å². The van der Waals surface area contributed by atoms with E-state index in [2.05, 4.69) is 20.6 Å². The van der Waals surface area contributed by atoms with Crippen LogP contribution in [0.25, 0.3) is 11.3 Å². The third-order valence-electron chi connectivity index (χ3n) is 4.43. The van der Waals surface area contributed by atoms with Crippen LogP contribution in [-0.4, -0.2) is 42.0 Å². The normalized spacial score (nSPS) is 15.4. The molecule has 1 amide bonds. The predicted molar refractivity (Wildman–Crippen MR) is 99.3 cm³/mol. The van der Waals surface area contributed by atoms with E-state index in [4.69, 9.17) is 0 Å². The minimum Gasteiger partial charge on any atom is -0.355 e. The lowest BCUT2D eigenvalue weighted by molar-refractivity contribution is -0.120. The fourth-order valence-corrected chi connectivity index (χ4v) is 3.70. The molecule has 0 saturated carbocycles. The molecule has 5 heteroatoms. The number of aromatic nitrogens is 1. The number of nitrogens with one attached hydrogen (secondary N) is 1. The Morgan fingerprint density at radius 3 is 2.62 bits per heavy atom. The van der Waals surface area contributed by atoms with Gasteiger partial charge in [0.2, 0.25) is 5.91 Å². The smallest absolute Gasteiger partial charge is 0.224 e. The number of hydrogen-bond donors (Lipinski definition) is 1. The molecule has 1 aliphatic rings. The maximum atomic E-state index is 12.1. The van der Waals surface area contributed by atoms with Gasteiger partial charge < -0.3 is 10.2 Å². The molecule has 1 aliphatic heterocycles. The van der Waals surface area contributed by atoms with Gasteiger partial charge in [-0.2, -0.15) is 0 Å². The molecular weight excluding hydrogens is 318 g/mol. The summed E-state index contributed by atoms with van der Waals surface area (Å²) < 4.78 is 0. The minimum atomic E-state index is 0.101. The van der Waals surface area contributed by atoms with Gasteiger partial charge in [-0.1, -0.05) is 30.7 Å². The van der Waals surface area contributed by atoms with E-state index >= 15 is 0 Å². The highest BCUT2D eigenvalue weighted by molar-refractivity contribution is 7.09. The molecule has 1 aromatic heterocycles. The number of amides is 1. The van der Waals surface area contributed by atoms with Crippen molar-refractivity contribution in [3.8, 4) is 11.3 Å². The van der Waals surface area contributed by atoms with Crippen LogP contribution in [-0.2, 0) is 11.2 Å². The highest BCUT2D eigenvalue weighted by Gasteiger charge is 2.10. The van der Waals surface area contributed by atoms with E-state index in [0.717, 1.165) is 34.9 Å². The van der Waals surface area contributed by atoms with Gasteiger partial charge in [0.15, 0.2) is 0 Å². The molecule has 0 atom stereocenters. The highest BCUT2D eigenvalue weighted by atomic mass is 32.1. The van der Waals surface area contributed by atoms with Crippen molar-refractivity contribution in [3.05, 3.63) is 40.2 Å². The van der Waals surface area contributed by atoms with Crippen molar-refractivity contribution in [3.63, 3.8) is 0 Å². The van der Waals surface area contributed by atoms with Crippen molar-refractivity contribution in [2.75, 3.05) is 26.2 Å². The molecule has 0 unspecified atom stereocenters. The van der Waals surface area contributed by atoms with Crippen LogP contribution in [0, 0.1) is 6.92 Å². The second-order valence-electron chi connectivity index (χ2n) is 6.38. The van der Waals surface area contributed by atoms with E-state index in [1.54, 1.807) is 11.3 Å². The number of nitrogens with zero attached hydrogens (tertiary/aromatic N) is 2. The molecule has 3 rings (SSSR count). The van der Waals surface area contributed by atoms with Crippen molar-refractivity contribution in [1.82, 2.24) is 15.2 Å². The largest absolute Gasteiger partial charge is 0.355 e. The summed E-state index contributed by atoms with van der Waals surface area (Å²) in [4.78, 5) is 19.0. The molecule has 0 aliphatic carbocycles. The minimum absolute atomic E-state index is 0.101. The molecule has 1 aromatic carbocycles. The molecule has 2 aromatic rings. The average molecular weight is 343 g/mol. The van der Waals surface area contributed by atoms with E-state index in [9.17, 15) is 4.79 Å². The van der Waals surface area contributed by atoms with E-state index < -0.39 is 0 Å². The maximum absolute atomic E-state index is 12.1. The van der Waals surface area contributed by atoms with Gasteiger partial charge in [-0.25, -0.2) is 4.98 Å². The Kier molecular flexibility index (Phi) is 5.99. The van der Waals surface area contributed by atoms with Crippen LogP contribution >= 0.6 is 11.3 Å². The number of hydrogen-bond acceptors (Lipinski definition) is 4. The van der Waals surface area contributed by atoms with Gasteiger partial charge in [-0.3, -0.25) is 4.79 Å². The topological polar surface area (TPSA) is 45.2 Å². The van der Waals surface area contributed by atoms with Gasteiger partial charge >= 0.3 is 0 Å². The van der Waals surface area contributed by atoms with Crippen molar-refractivity contribution >= 4 is 17.2 Å². The first-order chi connectivity index (χ1) is 11.7. The third-order valence-corrected chi connectivity index (χ3v) is 5.21. The molecular formula is C19H25N3OS. The lowest BCUT2D eigenvalue weighted by Gasteiger charge is -2.26. The zero-order valence-corrected chi connectivity index (χ0v) is 15.1. The van der Waals surface area contributed by atoms with Gasteiger partial charge in [-0.05, 0) is 38.4 Å². The number of aryl methyl sites for hydroxylation is 1. The summed E-state index contributed by atoms with van der Waals surface area (Å²) in [5, 5.41) is 6.18. The number of benzene rings is 1. The first kappa shape index (κ1) is 17.1. The first-order valence-corrected chi connectivity index (χ1v) is 9.59. The quantitative estimate of drug-likeness (QED) is 0.875. The predicted octanol–water partition coefficient (Wildman–Crippen LogP) is 3.26. The molecule has 2 heterocycles. The molecule has 0 bridgehead atoms. The van der Waals surface area contributed by atoms with Gasteiger partial charge in [0.1, 0.15) is 0 Å². The van der Waals surface area contributed by atoms with Crippen LogP contribution < -0.4 is 5.32 Å². The third kappa shape index (κ3) is 4.89. The zero-order valence-electron chi connectivity index (χ0n) is 14.3. The molecule has 1 N–H and O–H groups in total. The van der Waals surface area contributed by atoms with Crippen molar-refractivity contribution in [2.45, 2.75) is 32.6 Å². The van der Waals surface area contributed by atoms with Crippen molar-refractivity contribution in [2.24, 2.45) is 0 Å². The maximum Gasteiger partial charge on any atom is 0.224 e. The molecule has 0 radical (unpaired) electrons. The monoisotopic (exact) mass is 343 g/mol. The van der Waals surface area contributed by atoms with E-state index in [1.807, 2.05) is 31.2 Å². The van der Waals surface area contributed by atoms with Crippen molar-refractivity contribution in [1.29, 1.82) is 0 Å². The second kappa shape index (κ2) is 8.40. The van der Waals surface area contributed by atoms with Gasteiger partial charge in [0.25, 0.3) is 0 Å². The van der Waals surface area contributed by atoms with Gasteiger partial charge in [0, 0.05) is 24.0 Å². The van der Waals surface area contributed by atoms with Crippen LogP contribution in [0.4, 0.5) is 0 Å². The Hall–Kier alpha value is -1.72. The number of thiazole rings is 1. The van der Waals surface area contributed by atoms with Crippen LogP contribution in [0.15, 0.2) is 29.6 Å². The van der Waals surface area contributed by atoms with E-state index in [1.165, 1.54) is 32.4 Å². The Morgan fingerprint density at radius 1 is 1.21 bits per heavy atom. The Labute approximate surface area is 147 Å². The van der Waals surface area contributed by atoms with Crippen molar-refractivity contribution < 1.29 is 4.79 Å². The number of likely N-dealkylation sites (tertiary alicyclic amines) is 1. The number of carbonyl (C=O) groups excluding carboxylic acids is 1. The SMILES string of the molecule is Cc1nc(-c2ccc(CC(=O)NCCN3CCCCC3)cc2)cs1. The molecule has 1 fully saturated rings. The summed E-state index contributed by atoms with van der Waals surface area (Å²) in [5.74, 6) is 0.101. The molecule has 128 valence electrons. The summed E-state index contributed by atoms with van der Waals surface area (Å²) in [7, 11) is 0. The number of carbonyl (C=O) groups is 1. The summed E-state index contributed by atoms with van der Waals surface area (Å²) >= 11 is 1.66. The van der Waals surface area contributed by atoms with Crippen LogP contribution in [0.2, 0.25) is 0 Å². The first-order valence-electron chi connectivity index (χ1n) is 8.71. The Balaban J connectivity index is 1.44. The standard InChI is InChI=1S/C19H25N3OS/c1-15-21-18(14-24-15)17-7-5-16(6-8-17)13-19(23)20-9-12-22-10-3-2-4-11-22/h5-8,14H,2-4,9-13H2,1H3,(H,20,23). The van der Waals surface area contributed by atoms with E-state index in [-0.39, 0.29) is 5.91 Å². The van der Waals surface area contributed by atoms with Crippen LogP contribution in [0.3, 0.4) is 0 Å². The lowest BCUT2D eigenvalue weighted by Crippen LogP contribution is -2.38. The summed E-state index contributed by atoms with van der Waals surface area (Å²) in [6, 6.07) is 8.14. The highest BCUT2D eigenvalue weighted by Crippen LogP contribution is 2.21. The molecule has 4 nitrogen and oxygen atoms in total. The number of rotatable bonds is 6. The fourth-order valence-electron chi connectivity index (χ4n) is 3.07. The Morgan fingerprint density at radius 2 is 1.96 bits per heavy atom. The van der Waals surface area contributed by atoms with E-state index in [0.29, 0.717) is 6.42 Å². The zero-order chi connectivity index (χ0) is 16.8. The summed E-state index contributed by atoms with van der Waals surface area (Å²) in [6.07, 6.45) is 4.37. The fraction of sp³-hybridized carbons (Fsp3) is 0.474. The second-order valence-corrected chi connectivity index (χ2v) is 7.44. The average Bonchev–Trinajstić information content (AvgIpc) is 3.03. The molecule has 0 spiro atoms. The van der Waals surface area contributed by atoms with Crippen LogP contribution in [0.5, 0.6) is 0 Å². The summed E-state index contributed by atoms with van der Waals surface area (Å²) in [5.41, 5.74) is 3.16. The summed E-state index contributed by atoms with van der Waals surface area (Å²) in [6.45, 7) is 6.07. The van der Waals surface area contributed by atoms with Crippen LogP contribution in [0.1, 0.15) is 29.8 Å². The van der Waals surface area contributed by atoms with Gasteiger partial charge in [0.05, 0.1) is 17.1 Å². The number of piperidine rings is 1.